The summed E-state index contributed by atoms with van der Waals surface area (Å²) in [7, 11) is 0. The molecule has 0 saturated heterocycles. The Morgan fingerprint density at radius 3 is 2.56 bits per heavy atom. The van der Waals surface area contributed by atoms with Crippen LogP contribution >= 0.6 is 15.9 Å². The van der Waals surface area contributed by atoms with Gasteiger partial charge in [-0.25, -0.2) is 4.39 Å². The van der Waals surface area contributed by atoms with Crippen LogP contribution in [0.1, 0.15) is 0 Å². The van der Waals surface area contributed by atoms with Gasteiger partial charge < -0.3 is 5.73 Å². The minimum atomic E-state index is -0.262. The summed E-state index contributed by atoms with van der Waals surface area (Å²) in [5.41, 5.74) is 4.27. The summed E-state index contributed by atoms with van der Waals surface area (Å²) in [6.45, 7) is 0. The van der Waals surface area contributed by atoms with E-state index in [0.717, 1.165) is 0 Å². The molecule has 1 aromatic rings. The quantitative estimate of drug-likeness (QED) is 0.642. The molecule has 3 N–H and O–H groups in total. The van der Waals surface area contributed by atoms with E-state index in [2.05, 4.69) is 21.7 Å². The SMILES string of the molecule is [NH3+]c1cccc(F)c1Br. The first-order valence-electron chi connectivity index (χ1n) is 2.48. The van der Waals surface area contributed by atoms with Crippen molar-refractivity contribution in [3.63, 3.8) is 0 Å². The van der Waals surface area contributed by atoms with Gasteiger partial charge in [-0.2, -0.15) is 0 Å². The van der Waals surface area contributed by atoms with Crippen molar-refractivity contribution < 1.29 is 10.1 Å². The van der Waals surface area contributed by atoms with Crippen LogP contribution < -0.4 is 5.73 Å². The highest BCUT2D eigenvalue weighted by molar-refractivity contribution is 9.10. The van der Waals surface area contributed by atoms with Crippen LogP contribution in [0.15, 0.2) is 22.7 Å². The lowest BCUT2D eigenvalue weighted by atomic mass is 10.3. The largest absolute Gasteiger partial charge is 0.324 e. The first kappa shape index (κ1) is 6.71. The van der Waals surface area contributed by atoms with E-state index in [9.17, 15) is 4.39 Å². The lowest BCUT2D eigenvalue weighted by molar-refractivity contribution is -0.256. The first-order chi connectivity index (χ1) is 4.22. The second kappa shape index (κ2) is 2.45. The zero-order valence-corrected chi connectivity index (χ0v) is 6.28. The Morgan fingerprint density at radius 2 is 2.11 bits per heavy atom. The average Bonchev–Trinajstić information content (AvgIpc) is 1.83. The second-order valence-corrected chi connectivity index (χ2v) is 2.51. The van der Waals surface area contributed by atoms with Crippen molar-refractivity contribution >= 4 is 21.6 Å². The molecule has 0 aliphatic heterocycles. The van der Waals surface area contributed by atoms with Crippen LogP contribution in [-0.4, -0.2) is 0 Å². The van der Waals surface area contributed by atoms with E-state index in [0.29, 0.717) is 10.2 Å². The second-order valence-electron chi connectivity index (χ2n) is 1.71. The number of hydrogen-bond donors (Lipinski definition) is 1. The number of rotatable bonds is 0. The molecular formula is C6H6BrFN+. The normalized spacial score (nSPS) is 9.67. The molecule has 9 heavy (non-hydrogen) atoms. The van der Waals surface area contributed by atoms with Crippen LogP contribution in [0.5, 0.6) is 0 Å². The molecule has 0 unspecified atom stereocenters. The molecule has 0 amide bonds. The molecule has 0 spiro atoms. The predicted octanol–water partition coefficient (Wildman–Crippen LogP) is 1.46. The van der Waals surface area contributed by atoms with Crippen molar-refractivity contribution in [2.24, 2.45) is 0 Å². The predicted molar refractivity (Wildman–Crippen MR) is 36.6 cm³/mol. The Kier molecular flexibility index (Phi) is 1.83. The van der Waals surface area contributed by atoms with Gasteiger partial charge in [0.2, 0.25) is 0 Å². The molecule has 0 atom stereocenters. The summed E-state index contributed by atoms with van der Waals surface area (Å²) < 4.78 is 12.9. The van der Waals surface area contributed by atoms with E-state index in [1.54, 1.807) is 12.1 Å². The van der Waals surface area contributed by atoms with Crippen molar-refractivity contribution in [1.29, 1.82) is 0 Å². The molecule has 0 aliphatic carbocycles. The van der Waals surface area contributed by atoms with E-state index in [1.165, 1.54) is 6.07 Å². The Labute approximate surface area is 60.8 Å². The standard InChI is InChI=1S/C6H5BrFN/c7-6-4(8)2-1-3-5(6)9/h1-3H,9H2/p+1. The van der Waals surface area contributed by atoms with E-state index < -0.39 is 0 Å². The van der Waals surface area contributed by atoms with Gasteiger partial charge in [0.1, 0.15) is 16.0 Å². The molecule has 0 aliphatic rings. The third-order valence-corrected chi connectivity index (χ3v) is 1.92. The molecule has 3 heteroatoms. The zero-order chi connectivity index (χ0) is 6.85. The third-order valence-electron chi connectivity index (χ3n) is 1.03. The number of benzene rings is 1. The summed E-state index contributed by atoms with van der Waals surface area (Å²) in [4.78, 5) is 0. The topological polar surface area (TPSA) is 27.6 Å². The molecule has 1 aromatic carbocycles. The fourth-order valence-corrected chi connectivity index (χ4v) is 0.813. The maximum absolute atomic E-state index is 12.5. The summed E-state index contributed by atoms with van der Waals surface area (Å²) in [6.07, 6.45) is 0. The maximum Gasteiger partial charge on any atom is 0.145 e. The van der Waals surface area contributed by atoms with E-state index in [-0.39, 0.29) is 5.82 Å². The average molecular weight is 191 g/mol. The third kappa shape index (κ3) is 1.28. The molecule has 48 valence electrons. The highest BCUT2D eigenvalue weighted by atomic mass is 79.9. The maximum atomic E-state index is 12.5. The van der Waals surface area contributed by atoms with Crippen LogP contribution in [0.3, 0.4) is 0 Å². The minimum Gasteiger partial charge on any atom is -0.324 e. The van der Waals surface area contributed by atoms with Gasteiger partial charge in [0.15, 0.2) is 0 Å². The van der Waals surface area contributed by atoms with Crippen LogP contribution in [0.2, 0.25) is 0 Å². The Hall–Kier alpha value is -0.410. The molecule has 0 fully saturated rings. The number of hydrogen-bond acceptors (Lipinski definition) is 0. The van der Waals surface area contributed by atoms with Gasteiger partial charge in [0.25, 0.3) is 0 Å². The van der Waals surface area contributed by atoms with Gasteiger partial charge in [-0.05, 0) is 22.0 Å². The highest BCUT2D eigenvalue weighted by Gasteiger charge is 2.02. The first-order valence-corrected chi connectivity index (χ1v) is 3.27. The molecule has 1 nitrogen and oxygen atoms in total. The van der Waals surface area contributed by atoms with Crippen molar-refractivity contribution in [2.45, 2.75) is 0 Å². The molecule has 0 radical (unpaired) electrons. The van der Waals surface area contributed by atoms with Crippen LogP contribution in [-0.2, 0) is 0 Å². The molecular weight excluding hydrogens is 185 g/mol. The minimum absolute atomic E-state index is 0.262. The molecule has 0 aromatic heterocycles. The molecule has 0 bridgehead atoms. The molecule has 1 rings (SSSR count). The Morgan fingerprint density at radius 1 is 1.44 bits per heavy atom. The van der Waals surface area contributed by atoms with E-state index in [4.69, 9.17) is 0 Å². The van der Waals surface area contributed by atoms with Crippen LogP contribution in [0, 0.1) is 5.82 Å². The lowest BCUT2D eigenvalue weighted by Gasteiger charge is -1.91. The van der Waals surface area contributed by atoms with Gasteiger partial charge in [-0.3, -0.25) is 0 Å². The molecule has 0 saturated carbocycles. The van der Waals surface area contributed by atoms with Crippen molar-refractivity contribution in [3.8, 4) is 0 Å². The van der Waals surface area contributed by atoms with Crippen molar-refractivity contribution in [2.75, 3.05) is 0 Å². The monoisotopic (exact) mass is 190 g/mol. The summed E-state index contributed by atoms with van der Waals surface area (Å²) in [5.74, 6) is -0.262. The van der Waals surface area contributed by atoms with Crippen molar-refractivity contribution in [1.82, 2.24) is 0 Å². The van der Waals surface area contributed by atoms with Gasteiger partial charge in [0, 0.05) is 6.07 Å². The zero-order valence-electron chi connectivity index (χ0n) is 4.70. The van der Waals surface area contributed by atoms with Gasteiger partial charge >= 0.3 is 0 Å². The van der Waals surface area contributed by atoms with Crippen molar-refractivity contribution in [3.05, 3.63) is 28.5 Å². The van der Waals surface area contributed by atoms with E-state index in [1.807, 2.05) is 0 Å². The van der Waals surface area contributed by atoms with E-state index >= 15 is 0 Å². The Bertz CT molecular complexity index is 204. The number of halogens is 2. The summed E-state index contributed by atoms with van der Waals surface area (Å²) >= 11 is 3.04. The summed E-state index contributed by atoms with van der Waals surface area (Å²) in [5, 5.41) is 0. The van der Waals surface area contributed by atoms with Gasteiger partial charge in [0.05, 0.1) is 0 Å². The van der Waals surface area contributed by atoms with Gasteiger partial charge in [-0.15, -0.1) is 0 Å². The Balaban J connectivity index is 3.25. The molecule has 0 heterocycles. The smallest absolute Gasteiger partial charge is 0.145 e. The fourth-order valence-electron chi connectivity index (χ4n) is 0.548. The fraction of sp³-hybridized carbons (Fsp3) is 0. The summed E-state index contributed by atoms with van der Waals surface area (Å²) in [6, 6.07) is 4.76. The van der Waals surface area contributed by atoms with Crippen LogP contribution in [0.4, 0.5) is 10.1 Å². The number of quaternary nitrogens is 1. The highest BCUT2D eigenvalue weighted by Crippen LogP contribution is 2.19. The van der Waals surface area contributed by atoms with Crippen LogP contribution in [0.25, 0.3) is 0 Å². The van der Waals surface area contributed by atoms with Gasteiger partial charge in [-0.1, -0.05) is 6.07 Å². The lowest BCUT2D eigenvalue weighted by Crippen LogP contribution is -2.40.